The van der Waals surface area contributed by atoms with Gasteiger partial charge in [-0.1, -0.05) is 13.8 Å². The molecule has 0 rings (SSSR count). The smallest absolute Gasteiger partial charge is 0.334 e. The Labute approximate surface area is 59.9 Å². The third-order valence-electron chi connectivity index (χ3n) is 1.13. The molecule has 0 fully saturated rings. The van der Waals surface area contributed by atoms with Crippen molar-refractivity contribution >= 4 is 5.97 Å². The molecule has 0 aliphatic heterocycles. The minimum Gasteiger partial charge on any atom is -0.479 e. The Morgan fingerprint density at radius 3 is 2.30 bits per heavy atom. The normalized spacial score (nSPS) is 13.6. The fourth-order valence-corrected chi connectivity index (χ4v) is 0.643. The molecule has 0 radical (unpaired) electrons. The van der Waals surface area contributed by atoms with Gasteiger partial charge < -0.3 is 5.11 Å². The Bertz CT molecular complexity index is 114. The van der Waals surface area contributed by atoms with Crippen LogP contribution in [0, 0.1) is 5.92 Å². The molecule has 0 aromatic rings. The fourth-order valence-electron chi connectivity index (χ4n) is 0.643. The molecule has 0 spiro atoms. The summed E-state index contributed by atoms with van der Waals surface area (Å²) in [6.07, 6.45) is -0.411. The minimum absolute atomic E-state index is 0.282. The van der Waals surface area contributed by atoms with Crippen LogP contribution in [0.3, 0.4) is 0 Å². The van der Waals surface area contributed by atoms with Gasteiger partial charge in [-0.2, -0.15) is 0 Å². The minimum atomic E-state index is -1.00. The van der Waals surface area contributed by atoms with Crippen LogP contribution in [0.15, 0.2) is 0 Å². The predicted octanol–water partition coefficient (Wildman–Crippen LogP) is 0.376. The molecule has 3 N–H and O–H groups in total. The maximum Gasteiger partial charge on any atom is 0.334 e. The summed E-state index contributed by atoms with van der Waals surface area (Å²) in [6.45, 7) is 3.82. The van der Waals surface area contributed by atoms with Crippen molar-refractivity contribution in [1.29, 1.82) is 0 Å². The molecule has 0 heterocycles. The van der Waals surface area contributed by atoms with Crippen LogP contribution < -0.4 is 5.90 Å². The van der Waals surface area contributed by atoms with E-state index in [1.807, 2.05) is 13.8 Å². The lowest BCUT2D eigenvalue weighted by atomic mass is 10.1. The molecule has 1 atom stereocenters. The first-order chi connectivity index (χ1) is 4.57. The quantitative estimate of drug-likeness (QED) is 0.564. The van der Waals surface area contributed by atoms with Gasteiger partial charge in [-0.3, -0.25) is 4.84 Å². The van der Waals surface area contributed by atoms with Crippen molar-refractivity contribution in [2.75, 3.05) is 0 Å². The monoisotopic (exact) mass is 147 g/mol. The molecule has 0 aromatic carbocycles. The second kappa shape index (κ2) is 4.24. The van der Waals surface area contributed by atoms with Crippen molar-refractivity contribution < 1.29 is 14.7 Å². The van der Waals surface area contributed by atoms with Gasteiger partial charge >= 0.3 is 5.97 Å². The molecule has 0 aliphatic rings. The second-order valence-electron chi connectivity index (χ2n) is 2.59. The topological polar surface area (TPSA) is 72.5 Å². The highest BCUT2D eigenvalue weighted by atomic mass is 16.6. The van der Waals surface area contributed by atoms with Crippen LogP contribution in [0.4, 0.5) is 0 Å². The summed E-state index contributed by atoms with van der Waals surface area (Å²) in [5.41, 5.74) is 0. The lowest BCUT2D eigenvalue weighted by Gasteiger charge is -2.10. The average molecular weight is 147 g/mol. The Hall–Kier alpha value is -0.610. The number of rotatable bonds is 4. The molecule has 0 unspecified atom stereocenters. The van der Waals surface area contributed by atoms with Gasteiger partial charge in [-0.25, -0.2) is 10.7 Å². The summed E-state index contributed by atoms with van der Waals surface area (Å²) < 4.78 is 0. The van der Waals surface area contributed by atoms with Crippen LogP contribution in [0.1, 0.15) is 20.3 Å². The number of carbonyl (C=O) groups is 1. The summed E-state index contributed by atoms with van der Waals surface area (Å²) in [4.78, 5) is 14.5. The van der Waals surface area contributed by atoms with Gasteiger partial charge in [0.25, 0.3) is 0 Å². The van der Waals surface area contributed by atoms with E-state index < -0.39 is 12.1 Å². The van der Waals surface area contributed by atoms with Crippen molar-refractivity contribution in [3.63, 3.8) is 0 Å². The van der Waals surface area contributed by atoms with Crippen LogP contribution in [0.2, 0.25) is 0 Å². The SMILES string of the molecule is CC(C)C[C@H](ON)C(=O)O. The molecule has 10 heavy (non-hydrogen) atoms. The zero-order valence-corrected chi connectivity index (χ0v) is 6.20. The van der Waals surface area contributed by atoms with Gasteiger partial charge in [-0.05, 0) is 12.3 Å². The van der Waals surface area contributed by atoms with E-state index >= 15 is 0 Å². The van der Waals surface area contributed by atoms with Crippen molar-refractivity contribution in [2.24, 2.45) is 11.8 Å². The van der Waals surface area contributed by atoms with E-state index in [4.69, 9.17) is 11.0 Å². The summed E-state index contributed by atoms with van der Waals surface area (Å²) in [6, 6.07) is 0. The molecule has 0 aromatic heterocycles. The fraction of sp³-hybridized carbons (Fsp3) is 0.833. The van der Waals surface area contributed by atoms with E-state index in [0.717, 1.165) is 0 Å². The first-order valence-electron chi connectivity index (χ1n) is 3.16. The van der Waals surface area contributed by atoms with Crippen molar-refractivity contribution in [1.82, 2.24) is 0 Å². The van der Waals surface area contributed by atoms with Gasteiger partial charge in [0.2, 0.25) is 0 Å². The van der Waals surface area contributed by atoms with Gasteiger partial charge in [0.05, 0.1) is 0 Å². The van der Waals surface area contributed by atoms with Crippen molar-refractivity contribution in [3.05, 3.63) is 0 Å². The number of aliphatic carboxylic acids is 1. The van der Waals surface area contributed by atoms with Crippen LogP contribution in [-0.4, -0.2) is 17.2 Å². The molecule has 4 heteroatoms. The average Bonchev–Trinajstić information content (AvgIpc) is 1.81. The molecule has 0 amide bonds. The maximum atomic E-state index is 10.3. The number of carboxylic acids is 1. The lowest BCUT2D eigenvalue weighted by molar-refractivity contribution is -0.151. The lowest BCUT2D eigenvalue weighted by Crippen LogP contribution is -2.28. The highest BCUT2D eigenvalue weighted by Crippen LogP contribution is 2.06. The van der Waals surface area contributed by atoms with Crippen molar-refractivity contribution in [3.8, 4) is 0 Å². The number of carboxylic acid groups (broad SMARTS) is 1. The molecule has 60 valence electrons. The Morgan fingerprint density at radius 1 is 1.70 bits per heavy atom. The summed E-state index contributed by atoms with van der Waals surface area (Å²) in [5.74, 6) is 4.02. The van der Waals surface area contributed by atoms with Crippen LogP contribution >= 0.6 is 0 Å². The highest BCUT2D eigenvalue weighted by Gasteiger charge is 2.17. The first kappa shape index (κ1) is 9.39. The number of nitrogens with two attached hydrogens (primary N) is 1. The van der Waals surface area contributed by atoms with E-state index in [0.29, 0.717) is 6.42 Å². The standard InChI is InChI=1S/C6H13NO3/c1-4(2)3-5(10-7)6(8)9/h4-5H,3,7H2,1-2H3,(H,8,9)/t5-/m0/s1. The summed E-state index contributed by atoms with van der Waals surface area (Å²) in [7, 11) is 0. The van der Waals surface area contributed by atoms with Gasteiger partial charge in [0.1, 0.15) is 0 Å². The Balaban J connectivity index is 3.72. The third kappa shape index (κ3) is 3.42. The van der Waals surface area contributed by atoms with E-state index in [1.54, 1.807) is 0 Å². The molecular weight excluding hydrogens is 134 g/mol. The molecule has 0 saturated carbocycles. The van der Waals surface area contributed by atoms with Crippen LogP contribution in [0.5, 0.6) is 0 Å². The summed E-state index contributed by atoms with van der Waals surface area (Å²) in [5, 5.41) is 8.42. The van der Waals surface area contributed by atoms with E-state index in [9.17, 15) is 4.79 Å². The zero-order chi connectivity index (χ0) is 8.15. The number of hydrogen-bond donors (Lipinski definition) is 2. The largest absolute Gasteiger partial charge is 0.479 e. The Morgan fingerprint density at radius 2 is 2.20 bits per heavy atom. The molecule has 4 nitrogen and oxygen atoms in total. The predicted molar refractivity (Wildman–Crippen MR) is 36.2 cm³/mol. The van der Waals surface area contributed by atoms with E-state index in [2.05, 4.69) is 4.84 Å². The van der Waals surface area contributed by atoms with Crippen LogP contribution in [0.25, 0.3) is 0 Å². The zero-order valence-electron chi connectivity index (χ0n) is 6.20. The molecule has 0 bridgehead atoms. The van der Waals surface area contributed by atoms with Crippen LogP contribution in [-0.2, 0) is 9.63 Å². The van der Waals surface area contributed by atoms with E-state index in [-0.39, 0.29) is 5.92 Å². The first-order valence-corrected chi connectivity index (χ1v) is 3.16. The van der Waals surface area contributed by atoms with Gasteiger partial charge in [-0.15, -0.1) is 0 Å². The molecule has 0 aliphatic carbocycles. The second-order valence-corrected chi connectivity index (χ2v) is 2.59. The van der Waals surface area contributed by atoms with Crippen molar-refractivity contribution in [2.45, 2.75) is 26.4 Å². The molecular formula is C6H13NO3. The Kier molecular flexibility index (Phi) is 3.99. The number of hydrogen-bond acceptors (Lipinski definition) is 3. The summed E-state index contributed by atoms with van der Waals surface area (Å²) >= 11 is 0. The van der Waals surface area contributed by atoms with E-state index in [1.165, 1.54) is 0 Å². The molecule has 0 saturated heterocycles. The maximum absolute atomic E-state index is 10.3. The van der Waals surface area contributed by atoms with Gasteiger partial charge in [0, 0.05) is 0 Å². The highest BCUT2D eigenvalue weighted by molar-refractivity contribution is 5.72. The van der Waals surface area contributed by atoms with Gasteiger partial charge in [0.15, 0.2) is 6.10 Å². The third-order valence-corrected chi connectivity index (χ3v) is 1.13.